The van der Waals surface area contributed by atoms with E-state index in [1.54, 1.807) is 12.1 Å². The van der Waals surface area contributed by atoms with E-state index < -0.39 is 0 Å². The normalized spacial score (nSPS) is 25.0. The van der Waals surface area contributed by atoms with Crippen LogP contribution in [0.2, 0.25) is 0 Å². The topological polar surface area (TPSA) is 72.4 Å². The number of hydrogen-bond donors (Lipinski definition) is 1. The summed E-state index contributed by atoms with van der Waals surface area (Å²) >= 11 is 0. The van der Waals surface area contributed by atoms with Gasteiger partial charge in [-0.05, 0) is 17.9 Å². The first-order valence-corrected chi connectivity index (χ1v) is 6.26. The number of benzene rings is 1. The molecule has 2 rings (SSSR count). The Balaban J connectivity index is 2.04. The smallest absolute Gasteiger partial charge is 0.269 e. The Morgan fingerprint density at radius 1 is 1.50 bits per heavy atom. The SMILES string of the molecule is CC1CC(N)CN(Cc2cccc([N+](=O)[O-])c2)C1. The molecule has 0 aromatic heterocycles. The molecule has 1 aliphatic heterocycles. The highest BCUT2D eigenvalue weighted by Crippen LogP contribution is 2.19. The quantitative estimate of drug-likeness (QED) is 0.654. The van der Waals surface area contributed by atoms with Crippen molar-refractivity contribution in [3.8, 4) is 0 Å². The fourth-order valence-electron chi connectivity index (χ4n) is 2.67. The summed E-state index contributed by atoms with van der Waals surface area (Å²) in [5.74, 6) is 0.590. The van der Waals surface area contributed by atoms with Gasteiger partial charge in [-0.25, -0.2) is 0 Å². The molecule has 2 atom stereocenters. The van der Waals surface area contributed by atoms with Gasteiger partial charge in [-0.2, -0.15) is 0 Å². The van der Waals surface area contributed by atoms with Crippen molar-refractivity contribution in [2.45, 2.75) is 25.9 Å². The highest BCUT2D eigenvalue weighted by atomic mass is 16.6. The number of nitrogens with two attached hydrogens (primary N) is 1. The lowest BCUT2D eigenvalue weighted by Crippen LogP contribution is -2.45. The van der Waals surface area contributed by atoms with Gasteiger partial charge in [0, 0.05) is 37.8 Å². The van der Waals surface area contributed by atoms with E-state index in [1.807, 2.05) is 6.07 Å². The lowest BCUT2D eigenvalue weighted by molar-refractivity contribution is -0.384. The molecule has 5 nitrogen and oxygen atoms in total. The van der Waals surface area contributed by atoms with E-state index in [-0.39, 0.29) is 16.7 Å². The van der Waals surface area contributed by atoms with Crippen molar-refractivity contribution < 1.29 is 4.92 Å². The Hall–Kier alpha value is -1.46. The number of likely N-dealkylation sites (tertiary alicyclic amines) is 1. The fraction of sp³-hybridized carbons (Fsp3) is 0.538. The number of nitro benzene ring substituents is 1. The van der Waals surface area contributed by atoms with E-state index in [0.717, 1.165) is 31.6 Å². The number of non-ortho nitro benzene ring substituents is 1. The molecule has 2 unspecified atom stereocenters. The molecule has 0 aliphatic carbocycles. The van der Waals surface area contributed by atoms with E-state index in [0.29, 0.717) is 5.92 Å². The van der Waals surface area contributed by atoms with Gasteiger partial charge in [0.2, 0.25) is 0 Å². The van der Waals surface area contributed by atoms with Crippen LogP contribution in [-0.4, -0.2) is 29.0 Å². The molecule has 1 fully saturated rings. The van der Waals surface area contributed by atoms with Crippen LogP contribution in [0.25, 0.3) is 0 Å². The van der Waals surface area contributed by atoms with Gasteiger partial charge in [0.05, 0.1) is 4.92 Å². The molecular formula is C13H19N3O2. The van der Waals surface area contributed by atoms with Crippen LogP contribution >= 0.6 is 0 Å². The Kier molecular flexibility index (Phi) is 3.93. The largest absolute Gasteiger partial charge is 0.327 e. The number of hydrogen-bond acceptors (Lipinski definition) is 4. The molecule has 0 radical (unpaired) electrons. The first-order chi connectivity index (χ1) is 8.54. The summed E-state index contributed by atoms with van der Waals surface area (Å²) in [6, 6.07) is 7.05. The fourth-order valence-corrected chi connectivity index (χ4v) is 2.67. The molecule has 0 saturated carbocycles. The number of piperidine rings is 1. The van der Waals surface area contributed by atoms with Gasteiger partial charge in [-0.1, -0.05) is 19.1 Å². The van der Waals surface area contributed by atoms with Crippen LogP contribution in [0.1, 0.15) is 18.9 Å². The first-order valence-electron chi connectivity index (χ1n) is 6.26. The van der Waals surface area contributed by atoms with Gasteiger partial charge in [0.25, 0.3) is 5.69 Å². The Labute approximate surface area is 107 Å². The molecule has 98 valence electrons. The predicted molar refractivity (Wildman–Crippen MR) is 70.1 cm³/mol. The zero-order valence-electron chi connectivity index (χ0n) is 10.6. The summed E-state index contributed by atoms with van der Waals surface area (Å²) in [6.07, 6.45) is 1.06. The standard InChI is InChI=1S/C13H19N3O2/c1-10-5-12(14)9-15(7-10)8-11-3-2-4-13(6-11)16(17)18/h2-4,6,10,12H,5,7-9,14H2,1H3. The molecule has 1 heterocycles. The summed E-state index contributed by atoms with van der Waals surface area (Å²) in [5.41, 5.74) is 7.13. The second-order valence-corrected chi connectivity index (χ2v) is 5.22. The monoisotopic (exact) mass is 249 g/mol. The highest BCUT2D eigenvalue weighted by molar-refractivity contribution is 5.34. The Morgan fingerprint density at radius 3 is 2.94 bits per heavy atom. The summed E-state index contributed by atoms with van der Waals surface area (Å²) in [4.78, 5) is 12.6. The minimum absolute atomic E-state index is 0.154. The van der Waals surface area contributed by atoms with E-state index in [2.05, 4.69) is 11.8 Å². The average molecular weight is 249 g/mol. The van der Waals surface area contributed by atoms with Crippen molar-refractivity contribution in [3.05, 3.63) is 39.9 Å². The van der Waals surface area contributed by atoms with Gasteiger partial charge in [-0.15, -0.1) is 0 Å². The molecule has 18 heavy (non-hydrogen) atoms. The van der Waals surface area contributed by atoms with E-state index in [9.17, 15) is 10.1 Å². The molecule has 0 amide bonds. The van der Waals surface area contributed by atoms with Crippen molar-refractivity contribution in [1.29, 1.82) is 0 Å². The van der Waals surface area contributed by atoms with Crippen molar-refractivity contribution in [3.63, 3.8) is 0 Å². The van der Waals surface area contributed by atoms with E-state index in [1.165, 1.54) is 6.07 Å². The second-order valence-electron chi connectivity index (χ2n) is 5.22. The molecule has 1 saturated heterocycles. The Morgan fingerprint density at radius 2 is 2.28 bits per heavy atom. The number of rotatable bonds is 3. The van der Waals surface area contributed by atoms with Crippen molar-refractivity contribution >= 4 is 5.69 Å². The number of nitrogens with zero attached hydrogens (tertiary/aromatic N) is 2. The van der Waals surface area contributed by atoms with Crippen LogP contribution in [0, 0.1) is 16.0 Å². The summed E-state index contributed by atoms with van der Waals surface area (Å²) < 4.78 is 0. The molecule has 0 bridgehead atoms. The van der Waals surface area contributed by atoms with Crippen LogP contribution < -0.4 is 5.73 Å². The van der Waals surface area contributed by atoms with Crippen LogP contribution in [0.4, 0.5) is 5.69 Å². The maximum Gasteiger partial charge on any atom is 0.269 e. The van der Waals surface area contributed by atoms with Gasteiger partial charge in [-0.3, -0.25) is 15.0 Å². The summed E-state index contributed by atoms with van der Waals surface area (Å²) in [6.45, 7) is 4.81. The maximum atomic E-state index is 10.7. The summed E-state index contributed by atoms with van der Waals surface area (Å²) in [7, 11) is 0. The van der Waals surface area contributed by atoms with Gasteiger partial charge < -0.3 is 5.73 Å². The van der Waals surface area contributed by atoms with Gasteiger partial charge in [0.1, 0.15) is 0 Å². The highest BCUT2D eigenvalue weighted by Gasteiger charge is 2.22. The second kappa shape index (κ2) is 5.46. The molecule has 1 aromatic carbocycles. The van der Waals surface area contributed by atoms with Crippen LogP contribution in [0.15, 0.2) is 24.3 Å². The van der Waals surface area contributed by atoms with E-state index >= 15 is 0 Å². The minimum atomic E-state index is -0.353. The van der Waals surface area contributed by atoms with E-state index in [4.69, 9.17) is 5.73 Å². The third-order valence-corrected chi connectivity index (χ3v) is 3.30. The van der Waals surface area contributed by atoms with Crippen LogP contribution in [0.5, 0.6) is 0 Å². The molecule has 1 aromatic rings. The van der Waals surface area contributed by atoms with Crippen molar-refractivity contribution in [2.24, 2.45) is 11.7 Å². The van der Waals surface area contributed by atoms with Crippen LogP contribution in [0.3, 0.4) is 0 Å². The maximum absolute atomic E-state index is 10.7. The third kappa shape index (κ3) is 3.27. The molecule has 2 N–H and O–H groups in total. The first kappa shape index (κ1) is 13.0. The lowest BCUT2D eigenvalue weighted by atomic mass is 9.96. The Bertz CT molecular complexity index is 426. The molecule has 1 aliphatic rings. The average Bonchev–Trinajstić information content (AvgIpc) is 2.27. The zero-order valence-corrected chi connectivity index (χ0v) is 10.6. The lowest BCUT2D eigenvalue weighted by Gasteiger charge is -2.34. The summed E-state index contributed by atoms with van der Waals surface area (Å²) in [5, 5.41) is 10.7. The number of nitro groups is 1. The molecule has 0 spiro atoms. The van der Waals surface area contributed by atoms with Crippen LogP contribution in [-0.2, 0) is 6.54 Å². The predicted octanol–water partition coefficient (Wildman–Crippen LogP) is 1.76. The minimum Gasteiger partial charge on any atom is -0.327 e. The molecular weight excluding hydrogens is 230 g/mol. The van der Waals surface area contributed by atoms with Gasteiger partial charge >= 0.3 is 0 Å². The van der Waals surface area contributed by atoms with Crippen molar-refractivity contribution in [2.75, 3.05) is 13.1 Å². The van der Waals surface area contributed by atoms with Crippen molar-refractivity contribution in [1.82, 2.24) is 4.90 Å². The molecule has 5 heteroatoms. The van der Waals surface area contributed by atoms with Gasteiger partial charge in [0.15, 0.2) is 0 Å². The zero-order chi connectivity index (χ0) is 13.1. The third-order valence-electron chi connectivity index (χ3n) is 3.30.